The van der Waals surface area contributed by atoms with E-state index in [1.807, 2.05) is 6.07 Å². The molecule has 1 fully saturated rings. The van der Waals surface area contributed by atoms with Gasteiger partial charge in [-0.05, 0) is 67.4 Å². The number of aryl methyl sites for hydroxylation is 1. The van der Waals surface area contributed by atoms with Gasteiger partial charge in [0.05, 0.1) is 11.0 Å². The van der Waals surface area contributed by atoms with Crippen molar-refractivity contribution in [2.45, 2.75) is 32.1 Å². The van der Waals surface area contributed by atoms with Crippen LogP contribution >= 0.6 is 0 Å². The van der Waals surface area contributed by atoms with Crippen LogP contribution in [0.5, 0.6) is 0 Å². The van der Waals surface area contributed by atoms with Crippen molar-refractivity contribution < 1.29 is 0 Å². The molecule has 1 aliphatic heterocycles. The maximum atomic E-state index is 12.0. The summed E-state index contributed by atoms with van der Waals surface area (Å²) in [4.78, 5) is 18.1. The minimum Gasteiger partial charge on any atom is -0.317 e. The highest BCUT2D eigenvalue weighted by atomic mass is 16.1. The Morgan fingerprint density at radius 1 is 1.04 bits per heavy atom. The molecule has 1 aromatic heterocycles. The Kier molecular flexibility index (Phi) is 3.98. The Balaban J connectivity index is 1.83. The van der Waals surface area contributed by atoms with E-state index in [1.54, 1.807) is 0 Å². The van der Waals surface area contributed by atoms with Crippen molar-refractivity contribution in [1.29, 1.82) is 0 Å². The van der Waals surface area contributed by atoms with E-state index < -0.39 is 0 Å². The predicted octanol–water partition coefficient (Wildman–Crippen LogP) is 3.22. The number of H-pyrrole nitrogens is 2. The van der Waals surface area contributed by atoms with Gasteiger partial charge in [-0.2, -0.15) is 0 Å². The first kappa shape index (κ1) is 15.2. The molecule has 0 atom stereocenters. The van der Waals surface area contributed by atoms with Gasteiger partial charge in [0.15, 0.2) is 0 Å². The van der Waals surface area contributed by atoms with Crippen LogP contribution < -0.4 is 11.0 Å². The second-order valence-electron chi connectivity index (χ2n) is 6.78. The lowest BCUT2D eigenvalue weighted by atomic mass is 9.86. The van der Waals surface area contributed by atoms with E-state index in [1.165, 1.54) is 22.3 Å². The Morgan fingerprint density at radius 3 is 2.50 bits per heavy atom. The molecule has 0 unspecified atom stereocenters. The van der Waals surface area contributed by atoms with Gasteiger partial charge in [0.25, 0.3) is 0 Å². The zero-order valence-corrected chi connectivity index (χ0v) is 14.0. The molecule has 4 heteroatoms. The predicted molar refractivity (Wildman–Crippen MR) is 97.7 cm³/mol. The van der Waals surface area contributed by atoms with Crippen LogP contribution in [0.4, 0.5) is 0 Å². The van der Waals surface area contributed by atoms with E-state index in [4.69, 9.17) is 0 Å². The fourth-order valence-electron chi connectivity index (χ4n) is 3.90. The van der Waals surface area contributed by atoms with Crippen LogP contribution in [0.25, 0.3) is 11.0 Å². The highest BCUT2D eigenvalue weighted by molar-refractivity contribution is 5.84. The summed E-state index contributed by atoms with van der Waals surface area (Å²) in [6.45, 7) is 4.25. The topological polar surface area (TPSA) is 60.7 Å². The number of aromatic nitrogens is 2. The molecule has 0 spiro atoms. The van der Waals surface area contributed by atoms with Crippen LogP contribution in [0.3, 0.4) is 0 Å². The number of hydrogen-bond acceptors (Lipinski definition) is 2. The molecule has 3 aromatic rings. The largest absolute Gasteiger partial charge is 0.323 e. The Bertz CT molecular complexity index is 902. The van der Waals surface area contributed by atoms with E-state index >= 15 is 0 Å². The van der Waals surface area contributed by atoms with Crippen molar-refractivity contribution in [3.63, 3.8) is 0 Å². The van der Waals surface area contributed by atoms with Crippen molar-refractivity contribution in [2.75, 3.05) is 13.1 Å². The number of piperidine rings is 1. The molecule has 0 bridgehead atoms. The Morgan fingerprint density at radius 2 is 1.75 bits per heavy atom. The zero-order chi connectivity index (χ0) is 16.5. The van der Waals surface area contributed by atoms with Crippen molar-refractivity contribution in [1.82, 2.24) is 15.3 Å². The molecule has 4 rings (SSSR count). The average Bonchev–Trinajstić information content (AvgIpc) is 3.00. The van der Waals surface area contributed by atoms with E-state index in [0.29, 0.717) is 5.92 Å². The second kappa shape index (κ2) is 6.29. The van der Waals surface area contributed by atoms with Gasteiger partial charge in [-0.3, -0.25) is 0 Å². The van der Waals surface area contributed by atoms with Crippen molar-refractivity contribution >= 4 is 11.0 Å². The number of benzene rings is 2. The molecule has 1 saturated heterocycles. The third kappa shape index (κ3) is 2.78. The number of nitrogens with one attached hydrogen (secondary N) is 3. The molecule has 0 saturated carbocycles. The van der Waals surface area contributed by atoms with Gasteiger partial charge >= 0.3 is 5.69 Å². The molecule has 0 amide bonds. The fraction of sp³-hybridized carbons (Fsp3) is 0.350. The van der Waals surface area contributed by atoms with Crippen molar-refractivity contribution in [3.05, 3.63) is 69.1 Å². The number of aromatic amines is 2. The molecule has 2 heterocycles. The first-order valence-corrected chi connectivity index (χ1v) is 8.71. The van der Waals surface area contributed by atoms with Crippen molar-refractivity contribution in [2.24, 2.45) is 0 Å². The van der Waals surface area contributed by atoms with Crippen LogP contribution in [-0.4, -0.2) is 23.1 Å². The Labute approximate surface area is 141 Å². The molecular formula is C20H23N3O. The summed E-state index contributed by atoms with van der Waals surface area (Å²) in [5, 5.41) is 3.42. The normalized spacial score (nSPS) is 15.9. The lowest BCUT2D eigenvalue weighted by Crippen LogP contribution is -2.26. The van der Waals surface area contributed by atoms with Crippen LogP contribution in [0.15, 0.2) is 41.2 Å². The summed E-state index contributed by atoms with van der Waals surface area (Å²) in [7, 11) is 0. The van der Waals surface area contributed by atoms with Gasteiger partial charge < -0.3 is 15.3 Å². The summed E-state index contributed by atoms with van der Waals surface area (Å²) in [6, 6.07) is 12.7. The summed E-state index contributed by atoms with van der Waals surface area (Å²) < 4.78 is 0. The smallest absolute Gasteiger partial charge is 0.317 e. The SMILES string of the molecule is Cc1cc(C2CCNCC2)c2[nH]c(=O)[nH]c2c1Cc1ccccc1. The molecule has 4 nitrogen and oxygen atoms in total. The summed E-state index contributed by atoms with van der Waals surface area (Å²) in [5.41, 5.74) is 6.90. The third-order valence-electron chi connectivity index (χ3n) is 5.17. The highest BCUT2D eigenvalue weighted by Gasteiger charge is 2.21. The summed E-state index contributed by atoms with van der Waals surface area (Å²) in [6.07, 6.45) is 3.09. The number of imidazole rings is 1. The molecule has 0 radical (unpaired) electrons. The monoisotopic (exact) mass is 321 g/mol. The highest BCUT2D eigenvalue weighted by Crippen LogP contribution is 2.33. The van der Waals surface area contributed by atoms with Gasteiger partial charge in [-0.25, -0.2) is 4.79 Å². The standard InChI is InChI=1S/C20H23N3O/c1-13-11-17(15-7-9-21-10-8-15)19-18(22-20(24)23-19)16(13)12-14-5-3-2-4-6-14/h2-6,11,15,21H,7-10,12H2,1H3,(H2,22,23,24). The third-order valence-corrected chi connectivity index (χ3v) is 5.17. The first-order valence-electron chi connectivity index (χ1n) is 8.71. The van der Waals surface area contributed by atoms with Gasteiger partial charge in [0.2, 0.25) is 0 Å². The summed E-state index contributed by atoms with van der Waals surface area (Å²) in [5.74, 6) is 0.518. The van der Waals surface area contributed by atoms with Crippen LogP contribution in [-0.2, 0) is 6.42 Å². The van der Waals surface area contributed by atoms with Gasteiger partial charge in [0, 0.05) is 0 Å². The molecule has 2 aromatic carbocycles. The van der Waals surface area contributed by atoms with E-state index in [9.17, 15) is 4.79 Å². The van der Waals surface area contributed by atoms with E-state index in [0.717, 1.165) is 43.4 Å². The minimum atomic E-state index is -0.111. The second-order valence-corrected chi connectivity index (χ2v) is 6.78. The number of hydrogen-bond donors (Lipinski definition) is 3. The quantitative estimate of drug-likeness (QED) is 0.693. The average molecular weight is 321 g/mol. The zero-order valence-electron chi connectivity index (χ0n) is 14.0. The van der Waals surface area contributed by atoms with Crippen LogP contribution in [0.2, 0.25) is 0 Å². The lowest BCUT2D eigenvalue weighted by Gasteiger charge is -2.24. The fourth-order valence-corrected chi connectivity index (χ4v) is 3.90. The van der Waals surface area contributed by atoms with E-state index in [-0.39, 0.29) is 5.69 Å². The Hall–Kier alpha value is -2.33. The van der Waals surface area contributed by atoms with Crippen molar-refractivity contribution in [3.8, 4) is 0 Å². The lowest BCUT2D eigenvalue weighted by molar-refractivity contribution is 0.462. The number of fused-ring (bicyclic) bond motifs is 1. The van der Waals surface area contributed by atoms with Crippen LogP contribution in [0.1, 0.15) is 41.0 Å². The molecule has 0 aliphatic carbocycles. The van der Waals surface area contributed by atoms with Gasteiger partial charge in [-0.1, -0.05) is 36.4 Å². The maximum absolute atomic E-state index is 12.0. The van der Waals surface area contributed by atoms with E-state index in [2.05, 4.69) is 52.5 Å². The minimum absolute atomic E-state index is 0.111. The van der Waals surface area contributed by atoms with Gasteiger partial charge in [0.1, 0.15) is 0 Å². The molecular weight excluding hydrogens is 298 g/mol. The molecule has 24 heavy (non-hydrogen) atoms. The maximum Gasteiger partial charge on any atom is 0.323 e. The van der Waals surface area contributed by atoms with Gasteiger partial charge in [-0.15, -0.1) is 0 Å². The molecule has 124 valence electrons. The number of rotatable bonds is 3. The molecule has 1 aliphatic rings. The van der Waals surface area contributed by atoms with Crippen LogP contribution in [0, 0.1) is 6.92 Å². The summed E-state index contributed by atoms with van der Waals surface area (Å²) >= 11 is 0. The molecule has 3 N–H and O–H groups in total. The first-order chi connectivity index (χ1) is 11.7.